The summed E-state index contributed by atoms with van der Waals surface area (Å²) in [5.41, 5.74) is 8.52. The van der Waals surface area contributed by atoms with Gasteiger partial charge in [-0.2, -0.15) is 0 Å². The van der Waals surface area contributed by atoms with Crippen LogP contribution in [0.15, 0.2) is 16.6 Å². The van der Waals surface area contributed by atoms with Gasteiger partial charge in [0.25, 0.3) is 0 Å². The molecule has 0 aliphatic rings. The van der Waals surface area contributed by atoms with Crippen molar-refractivity contribution in [2.75, 3.05) is 6.54 Å². The topological polar surface area (TPSA) is 106 Å². The summed E-state index contributed by atoms with van der Waals surface area (Å²) in [6, 6.07) is 1.52. The fourth-order valence-electron chi connectivity index (χ4n) is 1.13. The van der Waals surface area contributed by atoms with Crippen LogP contribution in [0.2, 0.25) is 0 Å². The van der Waals surface area contributed by atoms with Crippen LogP contribution in [0.25, 0.3) is 10.4 Å². The van der Waals surface area contributed by atoms with Crippen molar-refractivity contribution >= 4 is 17.1 Å². The Morgan fingerprint density at radius 1 is 1.69 bits per heavy atom. The number of aliphatic hydroxyl groups is 2. The summed E-state index contributed by atoms with van der Waals surface area (Å²) >= 11 is 1.20. The van der Waals surface area contributed by atoms with Crippen molar-refractivity contribution in [1.29, 1.82) is 0 Å². The van der Waals surface area contributed by atoms with Gasteiger partial charge in [-0.15, -0.1) is 11.3 Å². The molecule has 0 saturated carbocycles. The molecule has 2 unspecified atom stereocenters. The van der Waals surface area contributed by atoms with E-state index in [4.69, 9.17) is 5.53 Å². The largest absolute Gasteiger partial charge is 0.390 e. The Morgan fingerprint density at radius 3 is 2.88 bits per heavy atom. The molecule has 0 amide bonds. The molecule has 0 aromatic carbocycles. The number of carbonyl (C=O) groups is 1. The van der Waals surface area contributed by atoms with Gasteiger partial charge in [0.05, 0.1) is 17.5 Å². The van der Waals surface area contributed by atoms with E-state index in [0.717, 1.165) is 0 Å². The lowest BCUT2D eigenvalue weighted by Gasteiger charge is -2.13. The molecule has 0 spiro atoms. The van der Waals surface area contributed by atoms with Crippen LogP contribution in [0.3, 0.4) is 0 Å². The summed E-state index contributed by atoms with van der Waals surface area (Å²) in [5.74, 6) is -0.0898. The van der Waals surface area contributed by atoms with E-state index in [9.17, 15) is 15.0 Å². The Morgan fingerprint density at radius 2 is 2.38 bits per heavy atom. The Kier molecular flexibility index (Phi) is 4.45. The van der Waals surface area contributed by atoms with Gasteiger partial charge in [-0.1, -0.05) is 5.11 Å². The third-order valence-corrected chi connectivity index (χ3v) is 3.05. The molecule has 1 aromatic heterocycles. The standard InChI is InChI=1S/C9H11N3O3S/c1-5(13)8-2-6(4-16-8)9(15)7(14)3-11-12-10/h2,4,7,9,14-15H,3H2,1H3. The molecule has 0 aliphatic heterocycles. The zero-order chi connectivity index (χ0) is 12.1. The summed E-state index contributed by atoms with van der Waals surface area (Å²) in [4.78, 5) is 14.0. The molecule has 1 aromatic rings. The number of rotatable bonds is 5. The highest BCUT2D eigenvalue weighted by molar-refractivity contribution is 7.12. The number of carbonyl (C=O) groups excluding carboxylic acids is 1. The lowest BCUT2D eigenvalue weighted by molar-refractivity contribution is 0.0246. The maximum atomic E-state index is 11.0. The highest BCUT2D eigenvalue weighted by Crippen LogP contribution is 2.23. The minimum atomic E-state index is -1.16. The van der Waals surface area contributed by atoms with Crippen LogP contribution in [0.5, 0.6) is 0 Å². The van der Waals surface area contributed by atoms with Crippen molar-refractivity contribution in [2.24, 2.45) is 5.11 Å². The van der Waals surface area contributed by atoms with Crippen molar-refractivity contribution in [3.05, 3.63) is 32.3 Å². The maximum absolute atomic E-state index is 11.0. The molecule has 2 N–H and O–H groups in total. The SMILES string of the molecule is CC(=O)c1cc(C(O)C(O)CN=[N+]=[N-])cs1. The summed E-state index contributed by atoms with van der Waals surface area (Å²) in [6.45, 7) is 1.22. The first kappa shape index (κ1) is 12.7. The van der Waals surface area contributed by atoms with Gasteiger partial charge in [0.1, 0.15) is 6.10 Å². The van der Waals surface area contributed by atoms with Crippen LogP contribution in [0.4, 0.5) is 0 Å². The molecular formula is C9H11N3O3S. The summed E-state index contributed by atoms with van der Waals surface area (Å²) < 4.78 is 0. The van der Waals surface area contributed by atoms with E-state index in [1.807, 2.05) is 0 Å². The lowest BCUT2D eigenvalue weighted by Crippen LogP contribution is -2.20. The summed E-state index contributed by atoms with van der Waals surface area (Å²) in [5, 5.41) is 23.9. The van der Waals surface area contributed by atoms with E-state index in [-0.39, 0.29) is 12.3 Å². The number of thiophene rings is 1. The predicted molar refractivity (Wildman–Crippen MR) is 59.3 cm³/mol. The predicted octanol–water partition coefficient (Wildman–Crippen LogP) is 1.66. The van der Waals surface area contributed by atoms with Gasteiger partial charge in [0.15, 0.2) is 5.78 Å². The van der Waals surface area contributed by atoms with Crippen LogP contribution in [-0.2, 0) is 0 Å². The second-order valence-electron chi connectivity index (χ2n) is 3.23. The normalized spacial score (nSPS) is 13.9. The molecule has 0 fully saturated rings. The number of azide groups is 1. The van der Waals surface area contributed by atoms with Gasteiger partial charge in [-0.05, 0) is 29.5 Å². The lowest BCUT2D eigenvalue weighted by atomic mass is 10.1. The van der Waals surface area contributed by atoms with Crippen molar-refractivity contribution in [3.8, 4) is 0 Å². The molecule has 0 bridgehead atoms. The number of Topliss-reactive ketones (excluding diaryl/α,β-unsaturated/α-hetero) is 1. The maximum Gasteiger partial charge on any atom is 0.169 e. The molecular weight excluding hydrogens is 230 g/mol. The highest BCUT2D eigenvalue weighted by atomic mass is 32.1. The average Bonchev–Trinajstić information content (AvgIpc) is 2.74. The summed E-state index contributed by atoms with van der Waals surface area (Å²) in [7, 11) is 0. The molecule has 7 heteroatoms. The van der Waals surface area contributed by atoms with Gasteiger partial charge in [-0.3, -0.25) is 4.79 Å². The van der Waals surface area contributed by atoms with E-state index < -0.39 is 12.2 Å². The van der Waals surface area contributed by atoms with Crippen molar-refractivity contribution in [3.63, 3.8) is 0 Å². The van der Waals surface area contributed by atoms with Crippen molar-refractivity contribution < 1.29 is 15.0 Å². The quantitative estimate of drug-likeness (QED) is 0.354. The first-order valence-corrected chi connectivity index (χ1v) is 5.40. The fraction of sp³-hybridized carbons (Fsp3) is 0.444. The number of nitrogens with zero attached hydrogens (tertiary/aromatic N) is 3. The third-order valence-electron chi connectivity index (χ3n) is 2.00. The molecule has 16 heavy (non-hydrogen) atoms. The van der Waals surface area contributed by atoms with Crippen molar-refractivity contribution in [1.82, 2.24) is 0 Å². The van der Waals surface area contributed by atoms with Crippen LogP contribution in [0.1, 0.15) is 28.3 Å². The minimum absolute atomic E-state index is 0.0898. The average molecular weight is 241 g/mol. The Balaban J connectivity index is 2.75. The van der Waals surface area contributed by atoms with E-state index in [1.54, 1.807) is 5.38 Å². The fourth-order valence-corrected chi connectivity index (χ4v) is 1.97. The number of hydrogen-bond donors (Lipinski definition) is 2. The van der Waals surface area contributed by atoms with Crippen LogP contribution in [-0.4, -0.2) is 28.6 Å². The monoisotopic (exact) mass is 241 g/mol. The molecule has 86 valence electrons. The molecule has 6 nitrogen and oxygen atoms in total. The van der Waals surface area contributed by atoms with E-state index in [2.05, 4.69) is 10.0 Å². The minimum Gasteiger partial charge on any atom is -0.390 e. The molecule has 0 aliphatic carbocycles. The Labute approximate surface area is 95.8 Å². The van der Waals surface area contributed by atoms with Gasteiger partial charge >= 0.3 is 0 Å². The summed E-state index contributed by atoms with van der Waals surface area (Å²) in [6.07, 6.45) is -2.31. The van der Waals surface area contributed by atoms with Gasteiger partial charge in [-0.25, -0.2) is 0 Å². The number of hydrogen-bond acceptors (Lipinski definition) is 5. The number of aliphatic hydroxyl groups excluding tert-OH is 2. The molecule has 0 saturated heterocycles. The van der Waals surface area contributed by atoms with Gasteiger partial charge in [0, 0.05) is 4.91 Å². The van der Waals surface area contributed by atoms with E-state index >= 15 is 0 Å². The van der Waals surface area contributed by atoms with Gasteiger partial charge < -0.3 is 10.2 Å². The second-order valence-corrected chi connectivity index (χ2v) is 4.14. The second kappa shape index (κ2) is 5.62. The van der Waals surface area contributed by atoms with Crippen LogP contribution >= 0.6 is 11.3 Å². The highest BCUT2D eigenvalue weighted by Gasteiger charge is 2.19. The molecule has 0 radical (unpaired) electrons. The van der Waals surface area contributed by atoms with Crippen LogP contribution in [0, 0.1) is 0 Å². The smallest absolute Gasteiger partial charge is 0.169 e. The number of ketones is 1. The Hall–Kier alpha value is -1.40. The Bertz CT molecular complexity index is 425. The van der Waals surface area contributed by atoms with Crippen LogP contribution < -0.4 is 0 Å². The third kappa shape index (κ3) is 3.04. The molecule has 2 atom stereocenters. The van der Waals surface area contributed by atoms with E-state index in [1.165, 1.54) is 24.3 Å². The molecule has 1 rings (SSSR count). The molecule has 1 heterocycles. The van der Waals surface area contributed by atoms with E-state index in [0.29, 0.717) is 10.4 Å². The zero-order valence-electron chi connectivity index (χ0n) is 8.57. The first-order valence-electron chi connectivity index (χ1n) is 4.52. The zero-order valence-corrected chi connectivity index (χ0v) is 9.39. The van der Waals surface area contributed by atoms with Gasteiger partial charge in [0.2, 0.25) is 0 Å². The van der Waals surface area contributed by atoms with Crippen molar-refractivity contribution in [2.45, 2.75) is 19.1 Å². The first-order chi connectivity index (χ1) is 7.56.